The lowest BCUT2D eigenvalue weighted by Gasteiger charge is -2.24. The second kappa shape index (κ2) is 11.8. The number of carbonyl (C=O) groups excluding carboxylic acids is 1. The van der Waals surface area contributed by atoms with Gasteiger partial charge >= 0.3 is 0 Å². The molecule has 0 aliphatic heterocycles. The van der Waals surface area contributed by atoms with Crippen LogP contribution in [0.3, 0.4) is 0 Å². The van der Waals surface area contributed by atoms with Crippen molar-refractivity contribution in [3.63, 3.8) is 0 Å². The van der Waals surface area contributed by atoms with Crippen LogP contribution in [0.2, 0.25) is 5.02 Å². The second-order valence-electron chi connectivity index (χ2n) is 6.88. The van der Waals surface area contributed by atoms with Crippen LogP contribution in [-0.4, -0.2) is 48.3 Å². The molecule has 170 valence electrons. The number of benzene rings is 2. The van der Waals surface area contributed by atoms with Crippen LogP contribution in [0.4, 0.5) is 0 Å². The predicted octanol–water partition coefficient (Wildman–Crippen LogP) is 4.17. The Bertz CT molecular complexity index is 1040. The minimum Gasteiger partial charge on any atom is -0.497 e. The number of aliphatic hydroxyl groups is 1. The van der Waals surface area contributed by atoms with Crippen molar-refractivity contribution in [1.29, 1.82) is 0 Å². The standard InChI is InChI=1S/C23H25ClN2O5S/c1-29-9-8-26(23(28)16-4-3-5-20(11-16)30-2)12-17-10-18(24)6-7-21(17)31-14-22-25-19(13-27)15-32-22/h3-7,10-11,15,27H,8-9,12-14H2,1-2H3. The van der Waals surface area contributed by atoms with Crippen LogP contribution in [0.5, 0.6) is 11.5 Å². The number of rotatable bonds is 11. The van der Waals surface area contributed by atoms with Crippen LogP contribution >= 0.6 is 22.9 Å². The van der Waals surface area contributed by atoms with Crippen molar-refractivity contribution in [2.75, 3.05) is 27.4 Å². The van der Waals surface area contributed by atoms with Gasteiger partial charge in [0.05, 0.1) is 26.0 Å². The Hall–Kier alpha value is -2.65. The molecule has 0 bridgehead atoms. The lowest BCUT2D eigenvalue weighted by Crippen LogP contribution is -2.33. The molecular formula is C23H25ClN2O5S. The van der Waals surface area contributed by atoms with Crippen LogP contribution < -0.4 is 9.47 Å². The zero-order valence-electron chi connectivity index (χ0n) is 17.9. The molecule has 0 radical (unpaired) electrons. The Labute approximate surface area is 196 Å². The van der Waals surface area contributed by atoms with E-state index in [4.69, 9.17) is 25.8 Å². The van der Waals surface area contributed by atoms with Gasteiger partial charge in [0.25, 0.3) is 5.91 Å². The zero-order chi connectivity index (χ0) is 22.9. The van der Waals surface area contributed by atoms with Crippen LogP contribution in [0.1, 0.15) is 26.6 Å². The van der Waals surface area contributed by atoms with Gasteiger partial charge in [-0.3, -0.25) is 4.79 Å². The fourth-order valence-corrected chi connectivity index (χ4v) is 3.93. The molecule has 1 N–H and O–H groups in total. The molecule has 2 aromatic carbocycles. The van der Waals surface area contributed by atoms with Crippen molar-refractivity contribution in [3.05, 3.63) is 74.7 Å². The third-order valence-corrected chi connectivity index (χ3v) is 5.77. The molecule has 3 rings (SSSR count). The third-order valence-electron chi connectivity index (χ3n) is 4.67. The van der Waals surface area contributed by atoms with Crippen LogP contribution in [0.15, 0.2) is 47.8 Å². The first-order valence-electron chi connectivity index (χ1n) is 9.91. The van der Waals surface area contributed by atoms with Crippen molar-refractivity contribution in [1.82, 2.24) is 9.88 Å². The first-order valence-corrected chi connectivity index (χ1v) is 11.2. The Balaban J connectivity index is 1.81. The lowest BCUT2D eigenvalue weighted by molar-refractivity contribution is 0.0678. The van der Waals surface area contributed by atoms with E-state index in [9.17, 15) is 9.90 Å². The number of carbonyl (C=O) groups is 1. The first-order chi connectivity index (χ1) is 15.5. The molecule has 0 fully saturated rings. The molecule has 0 aliphatic rings. The Kier molecular flexibility index (Phi) is 8.87. The molecule has 1 heterocycles. The summed E-state index contributed by atoms with van der Waals surface area (Å²) in [4.78, 5) is 19.2. The van der Waals surface area contributed by atoms with Crippen molar-refractivity contribution in [2.24, 2.45) is 0 Å². The van der Waals surface area contributed by atoms with Crippen molar-refractivity contribution < 1.29 is 24.1 Å². The molecule has 7 nitrogen and oxygen atoms in total. The van der Waals surface area contributed by atoms with Gasteiger partial charge < -0.3 is 24.2 Å². The summed E-state index contributed by atoms with van der Waals surface area (Å²) in [6.07, 6.45) is 0. The van der Waals surface area contributed by atoms with Gasteiger partial charge in [-0.1, -0.05) is 17.7 Å². The van der Waals surface area contributed by atoms with Crippen LogP contribution in [-0.2, 0) is 24.5 Å². The van der Waals surface area contributed by atoms with Gasteiger partial charge in [-0.15, -0.1) is 11.3 Å². The van der Waals surface area contributed by atoms with Gasteiger partial charge in [-0.25, -0.2) is 4.98 Å². The number of aliphatic hydroxyl groups excluding tert-OH is 1. The van der Waals surface area contributed by atoms with Gasteiger partial charge in [0.1, 0.15) is 23.1 Å². The van der Waals surface area contributed by atoms with Crippen LogP contribution in [0.25, 0.3) is 0 Å². The Morgan fingerprint density at radius 1 is 1.22 bits per heavy atom. The summed E-state index contributed by atoms with van der Waals surface area (Å²) in [5.41, 5.74) is 1.90. The molecule has 0 atom stereocenters. The summed E-state index contributed by atoms with van der Waals surface area (Å²) in [7, 11) is 3.16. The number of hydrogen-bond acceptors (Lipinski definition) is 7. The molecule has 32 heavy (non-hydrogen) atoms. The van der Waals surface area contributed by atoms with E-state index in [2.05, 4.69) is 4.98 Å². The van der Waals surface area contributed by atoms with Gasteiger partial charge in [0.2, 0.25) is 0 Å². The topological polar surface area (TPSA) is 81.1 Å². The summed E-state index contributed by atoms with van der Waals surface area (Å²) < 4.78 is 16.4. The fourth-order valence-electron chi connectivity index (χ4n) is 3.04. The number of methoxy groups -OCH3 is 2. The minimum absolute atomic E-state index is 0.108. The van der Waals surface area contributed by atoms with Crippen molar-refractivity contribution in [3.8, 4) is 11.5 Å². The molecule has 3 aromatic rings. The summed E-state index contributed by atoms with van der Waals surface area (Å²) in [5, 5.41) is 12.3. The summed E-state index contributed by atoms with van der Waals surface area (Å²) in [5.74, 6) is 1.07. The smallest absolute Gasteiger partial charge is 0.254 e. The van der Waals surface area contributed by atoms with Gasteiger partial charge in [-0.2, -0.15) is 0 Å². The fraction of sp³-hybridized carbons (Fsp3) is 0.304. The summed E-state index contributed by atoms with van der Waals surface area (Å²) in [6, 6.07) is 12.3. The van der Waals surface area contributed by atoms with Crippen molar-refractivity contribution in [2.45, 2.75) is 19.8 Å². The SMILES string of the molecule is COCCN(Cc1cc(Cl)ccc1OCc1nc(CO)cs1)C(=O)c1cccc(OC)c1. The van der Waals surface area contributed by atoms with Gasteiger partial charge in [0, 0.05) is 41.7 Å². The number of thiazole rings is 1. The minimum atomic E-state index is -0.153. The maximum absolute atomic E-state index is 13.2. The molecular weight excluding hydrogens is 452 g/mol. The van der Waals surface area contributed by atoms with E-state index >= 15 is 0 Å². The number of ether oxygens (including phenoxy) is 3. The molecule has 9 heteroatoms. The average Bonchev–Trinajstić information content (AvgIpc) is 3.29. The molecule has 1 aromatic heterocycles. The van der Waals surface area contributed by atoms with E-state index in [-0.39, 0.29) is 25.7 Å². The first kappa shape index (κ1) is 24.0. The Morgan fingerprint density at radius 2 is 2.06 bits per heavy atom. The van der Waals surface area contributed by atoms with Crippen molar-refractivity contribution >= 4 is 28.8 Å². The molecule has 0 aliphatic carbocycles. The molecule has 0 spiro atoms. The lowest BCUT2D eigenvalue weighted by atomic mass is 10.1. The molecule has 0 unspecified atom stereocenters. The zero-order valence-corrected chi connectivity index (χ0v) is 19.5. The molecule has 1 amide bonds. The maximum Gasteiger partial charge on any atom is 0.254 e. The van der Waals surface area contributed by atoms with Crippen LogP contribution in [0, 0.1) is 0 Å². The molecule has 0 saturated carbocycles. The highest BCUT2D eigenvalue weighted by Gasteiger charge is 2.19. The number of hydrogen-bond donors (Lipinski definition) is 1. The van der Waals surface area contributed by atoms with Gasteiger partial charge in [-0.05, 0) is 36.4 Å². The van der Waals surface area contributed by atoms with E-state index in [0.717, 1.165) is 10.6 Å². The Morgan fingerprint density at radius 3 is 2.78 bits per heavy atom. The summed E-state index contributed by atoms with van der Waals surface area (Å²) >= 11 is 7.66. The number of aromatic nitrogens is 1. The third kappa shape index (κ3) is 6.43. The highest BCUT2D eigenvalue weighted by molar-refractivity contribution is 7.09. The second-order valence-corrected chi connectivity index (χ2v) is 8.26. The normalized spacial score (nSPS) is 10.8. The average molecular weight is 477 g/mol. The number of halogens is 1. The van der Waals surface area contributed by atoms with Gasteiger partial charge in [0.15, 0.2) is 0 Å². The number of amides is 1. The molecule has 0 saturated heterocycles. The highest BCUT2D eigenvalue weighted by atomic mass is 35.5. The maximum atomic E-state index is 13.2. The van der Waals surface area contributed by atoms with E-state index < -0.39 is 0 Å². The largest absolute Gasteiger partial charge is 0.497 e. The van der Waals surface area contributed by atoms with E-state index in [1.165, 1.54) is 11.3 Å². The quantitative estimate of drug-likeness (QED) is 0.447. The van der Waals surface area contributed by atoms with E-state index in [0.29, 0.717) is 40.9 Å². The predicted molar refractivity (Wildman–Crippen MR) is 123 cm³/mol. The van der Waals surface area contributed by atoms with E-state index in [1.54, 1.807) is 67.0 Å². The highest BCUT2D eigenvalue weighted by Crippen LogP contribution is 2.27. The number of nitrogens with zero attached hydrogens (tertiary/aromatic N) is 2. The summed E-state index contributed by atoms with van der Waals surface area (Å²) in [6.45, 7) is 1.21. The van der Waals surface area contributed by atoms with E-state index in [1.807, 2.05) is 0 Å². The monoisotopic (exact) mass is 476 g/mol.